The van der Waals surface area contributed by atoms with Crippen molar-refractivity contribution in [3.05, 3.63) is 72.7 Å². The van der Waals surface area contributed by atoms with Gasteiger partial charge in [0.25, 0.3) is 0 Å². The predicted molar refractivity (Wildman–Crippen MR) is 102 cm³/mol. The fourth-order valence-corrected chi connectivity index (χ4v) is 2.92. The van der Waals surface area contributed by atoms with Crippen LogP contribution in [0.4, 0.5) is 4.39 Å². The van der Waals surface area contributed by atoms with Crippen LogP contribution in [0.15, 0.2) is 61.4 Å². The fraction of sp³-hybridized carbons (Fsp3) is 0.286. The van der Waals surface area contributed by atoms with Crippen LogP contribution >= 0.6 is 0 Å². The second kappa shape index (κ2) is 7.97. The highest BCUT2D eigenvalue weighted by atomic mass is 19.1. The first-order valence-corrected chi connectivity index (χ1v) is 8.70. The Balaban J connectivity index is 1.69. The number of rotatable bonds is 8. The number of fused-ring (bicyclic) bond motifs is 1. The van der Waals surface area contributed by atoms with Crippen molar-refractivity contribution in [2.24, 2.45) is 0 Å². The first-order valence-electron chi connectivity index (χ1n) is 8.70. The summed E-state index contributed by atoms with van der Waals surface area (Å²) in [7, 11) is 0. The van der Waals surface area contributed by atoms with Gasteiger partial charge < -0.3 is 9.88 Å². The van der Waals surface area contributed by atoms with Crippen LogP contribution in [0.3, 0.4) is 0 Å². The van der Waals surface area contributed by atoms with Crippen LogP contribution in [-0.4, -0.2) is 22.3 Å². The maximum absolute atomic E-state index is 13.9. The second-order valence-corrected chi connectivity index (χ2v) is 6.31. The number of benzene rings is 1. The van der Waals surface area contributed by atoms with Gasteiger partial charge in [0.1, 0.15) is 6.17 Å². The molecule has 3 nitrogen and oxygen atoms in total. The Morgan fingerprint density at radius 2 is 1.96 bits per heavy atom. The number of nitrogens with one attached hydrogen (secondary N) is 1. The van der Waals surface area contributed by atoms with Crippen LogP contribution in [0.1, 0.15) is 24.1 Å². The molecule has 0 saturated carbocycles. The van der Waals surface area contributed by atoms with Gasteiger partial charge in [0, 0.05) is 24.1 Å². The van der Waals surface area contributed by atoms with Crippen molar-refractivity contribution in [3.8, 4) is 5.69 Å². The number of aromatic nitrogens is 2. The molecular weight excluding hydrogens is 313 g/mol. The van der Waals surface area contributed by atoms with Gasteiger partial charge in [-0.3, -0.25) is 4.98 Å². The zero-order chi connectivity index (χ0) is 17.6. The molecule has 1 atom stereocenters. The van der Waals surface area contributed by atoms with Crippen molar-refractivity contribution in [3.63, 3.8) is 0 Å². The van der Waals surface area contributed by atoms with Crippen molar-refractivity contribution in [1.29, 1.82) is 0 Å². The lowest BCUT2D eigenvalue weighted by molar-refractivity contribution is 0.295. The third kappa shape index (κ3) is 4.27. The molecule has 2 aromatic heterocycles. The molecule has 25 heavy (non-hydrogen) atoms. The van der Waals surface area contributed by atoms with E-state index < -0.39 is 6.17 Å². The molecule has 0 aliphatic rings. The molecule has 3 rings (SSSR count). The SMILES string of the molecule is C=CNCCC(F)CCc1ccc2c(ccn2-c2ccc(C)cc2)n1. The minimum atomic E-state index is -0.817. The van der Waals surface area contributed by atoms with Crippen LogP contribution in [0.5, 0.6) is 0 Å². The Morgan fingerprint density at radius 3 is 2.72 bits per heavy atom. The van der Waals surface area contributed by atoms with Gasteiger partial charge in [0.05, 0.1) is 11.0 Å². The predicted octanol–water partition coefficient (Wildman–Crippen LogP) is 4.73. The summed E-state index contributed by atoms with van der Waals surface area (Å²) in [6.07, 6.45) is 4.46. The molecule has 0 aliphatic carbocycles. The topological polar surface area (TPSA) is 29.9 Å². The molecule has 130 valence electrons. The highest BCUT2D eigenvalue weighted by Crippen LogP contribution is 2.20. The Labute approximate surface area is 148 Å². The molecule has 0 amide bonds. The Bertz CT molecular complexity index is 836. The number of halogens is 1. The minimum Gasteiger partial charge on any atom is -0.391 e. The number of aryl methyl sites for hydroxylation is 2. The summed E-state index contributed by atoms with van der Waals surface area (Å²) in [6, 6.07) is 14.5. The van der Waals surface area contributed by atoms with E-state index >= 15 is 0 Å². The smallest absolute Gasteiger partial charge is 0.102 e. The summed E-state index contributed by atoms with van der Waals surface area (Å²) >= 11 is 0. The van der Waals surface area contributed by atoms with Crippen molar-refractivity contribution in [2.75, 3.05) is 6.54 Å². The van der Waals surface area contributed by atoms with E-state index in [2.05, 4.69) is 58.7 Å². The summed E-state index contributed by atoms with van der Waals surface area (Å²) in [6.45, 7) is 6.26. The number of hydrogen-bond donors (Lipinski definition) is 1. The van der Waals surface area contributed by atoms with E-state index in [1.807, 2.05) is 18.3 Å². The Morgan fingerprint density at radius 1 is 1.16 bits per heavy atom. The normalized spacial score (nSPS) is 12.2. The number of hydrogen-bond acceptors (Lipinski definition) is 2. The molecule has 0 saturated heterocycles. The Kier molecular flexibility index (Phi) is 5.49. The van der Waals surface area contributed by atoms with Gasteiger partial charge in [-0.15, -0.1) is 0 Å². The first-order chi connectivity index (χ1) is 12.2. The average Bonchev–Trinajstić information content (AvgIpc) is 3.04. The van der Waals surface area contributed by atoms with Crippen LogP contribution in [0.2, 0.25) is 0 Å². The van der Waals surface area contributed by atoms with Gasteiger partial charge in [0.15, 0.2) is 0 Å². The van der Waals surface area contributed by atoms with Gasteiger partial charge in [-0.2, -0.15) is 0 Å². The third-order valence-electron chi connectivity index (χ3n) is 4.37. The molecule has 4 heteroatoms. The lowest BCUT2D eigenvalue weighted by atomic mass is 10.1. The molecule has 2 heterocycles. The van der Waals surface area contributed by atoms with Gasteiger partial charge in [-0.1, -0.05) is 24.3 Å². The first kappa shape index (κ1) is 17.2. The van der Waals surface area contributed by atoms with Crippen molar-refractivity contribution < 1.29 is 4.39 Å². The van der Waals surface area contributed by atoms with Gasteiger partial charge in [0.2, 0.25) is 0 Å². The minimum absolute atomic E-state index is 0.496. The summed E-state index contributed by atoms with van der Waals surface area (Å²) in [5.74, 6) is 0. The van der Waals surface area contributed by atoms with Crippen molar-refractivity contribution >= 4 is 11.0 Å². The highest BCUT2D eigenvalue weighted by molar-refractivity contribution is 5.78. The van der Waals surface area contributed by atoms with Crippen molar-refractivity contribution in [1.82, 2.24) is 14.9 Å². The maximum Gasteiger partial charge on any atom is 0.102 e. The van der Waals surface area contributed by atoms with E-state index in [0.717, 1.165) is 22.4 Å². The molecule has 0 aliphatic heterocycles. The molecular formula is C21H24FN3. The highest BCUT2D eigenvalue weighted by Gasteiger charge is 2.09. The quantitative estimate of drug-likeness (QED) is 0.602. The number of nitrogens with zero attached hydrogens (tertiary/aromatic N) is 2. The van der Waals surface area contributed by atoms with E-state index in [1.165, 1.54) is 5.56 Å². The lowest BCUT2D eigenvalue weighted by Crippen LogP contribution is -2.13. The summed E-state index contributed by atoms with van der Waals surface area (Å²) in [5.41, 5.74) is 5.31. The molecule has 0 radical (unpaired) electrons. The zero-order valence-electron chi connectivity index (χ0n) is 14.6. The molecule has 1 aromatic carbocycles. The molecule has 0 bridgehead atoms. The van der Waals surface area contributed by atoms with Crippen molar-refractivity contribution in [2.45, 2.75) is 32.4 Å². The molecule has 1 N–H and O–H groups in total. The second-order valence-electron chi connectivity index (χ2n) is 6.31. The van der Waals surface area contributed by atoms with E-state index in [-0.39, 0.29) is 0 Å². The summed E-state index contributed by atoms with van der Waals surface area (Å²) in [5, 5.41) is 2.93. The van der Waals surface area contributed by atoms with Gasteiger partial charge in [-0.25, -0.2) is 4.39 Å². The standard InChI is InChI=1S/C21H24FN3/c1-3-23-14-12-17(22)6-7-18-8-11-21-20(24-18)13-15-25(21)19-9-4-16(2)5-10-19/h3-5,8-11,13,15,17,23H,1,6-7,12,14H2,2H3. The fourth-order valence-electron chi connectivity index (χ4n) is 2.92. The molecule has 3 aromatic rings. The van der Waals surface area contributed by atoms with E-state index in [4.69, 9.17) is 0 Å². The molecule has 1 unspecified atom stereocenters. The molecule has 0 spiro atoms. The lowest BCUT2D eigenvalue weighted by Gasteiger charge is -2.09. The summed E-state index contributed by atoms with van der Waals surface area (Å²) < 4.78 is 16.0. The van der Waals surface area contributed by atoms with Crippen LogP contribution in [0, 0.1) is 6.92 Å². The van der Waals surface area contributed by atoms with E-state index in [1.54, 1.807) is 6.20 Å². The Hall–Kier alpha value is -2.62. The average molecular weight is 337 g/mol. The third-order valence-corrected chi connectivity index (χ3v) is 4.37. The number of pyridine rings is 1. The largest absolute Gasteiger partial charge is 0.391 e. The maximum atomic E-state index is 13.9. The van der Waals surface area contributed by atoms with Crippen LogP contribution in [-0.2, 0) is 6.42 Å². The van der Waals surface area contributed by atoms with E-state index in [0.29, 0.717) is 25.8 Å². The summed E-state index contributed by atoms with van der Waals surface area (Å²) in [4.78, 5) is 4.69. The van der Waals surface area contributed by atoms with Gasteiger partial charge >= 0.3 is 0 Å². The zero-order valence-corrected chi connectivity index (χ0v) is 14.6. The number of alkyl halides is 1. The van der Waals surface area contributed by atoms with E-state index in [9.17, 15) is 4.39 Å². The van der Waals surface area contributed by atoms with Crippen LogP contribution < -0.4 is 5.32 Å². The monoisotopic (exact) mass is 337 g/mol. The van der Waals surface area contributed by atoms with Gasteiger partial charge in [-0.05, 0) is 62.7 Å². The van der Waals surface area contributed by atoms with Crippen LogP contribution in [0.25, 0.3) is 16.7 Å². The molecule has 0 fully saturated rings.